The molecule has 1 aromatic rings. The monoisotopic (exact) mass is 230 g/mol. The molecule has 0 aliphatic heterocycles. The summed E-state index contributed by atoms with van der Waals surface area (Å²) in [4.78, 5) is 0.374. The minimum atomic E-state index is -1.92. The van der Waals surface area contributed by atoms with Crippen LogP contribution in [0.2, 0.25) is 0 Å². The first-order chi connectivity index (χ1) is 7.24. The summed E-state index contributed by atoms with van der Waals surface area (Å²) < 4.78 is 29.7. The van der Waals surface area contributed by atoms with E-state index < -0.39 is 11.1 Å². The van der Waals surface area contributed by atoms with E-state index in [-0.39, 0.29) is 0 Å². The third-order valence-electron chi connectivity index (χ3n) is 1.79. The van der Waals surface area contributed by atoms with E-state index in [1.165, 1.54) is 0 Å². The summed E-state index contributed by atoms with van der Waals surface area (Å²) in [5.41, 5.74) is 0. The molecular weight excluding hydrogens is 216 g/mol. The molecule has 0 aromatic heterocycles. The van der Waals surface area contributed by atoms with Crippen LogP contribution in [0, 0.1) is 0 Å². The third-order valence-corrected chi connectivity index (χ3v) is 2.46. The van der Waals surface area contributed by atoms with E-state index in [2.05, 4.69) is 0 Å². The Labute approximate surface area is 91.5 Å². The van der Waals surface area contributed by atoms with Gasteiger partial charge in [0.2, 0.25) is 0 Å². The summed E-state index contributed by atoms with van der Waals surface area (Å²) in [6.45, 7) is 1.24. The average molecular weight is 230 g/mol. The number of hydrogen-bond acceptors (Lipinski definition) is 3. The Morgan fingerprint density at radius 3 is 2.47 bits per heavy atom. The Bertz CT molecular complexity index is 310. The molecule has 84 valence electrons. The molecule has 1 unspecified atom stereocenters. The molecule has 0 fully saturated rings. The topological polar surface area (TPSA) is 55.8 Å². The van der Waals surface area contributed by atoms with Gasteiger partial charge in [0.05, 0.1) is 11.5 Å². The number of rotatable bonds is 6. The number of ether oxygens (including phenoxy) is 2. The largest absolute Gasteiger partial charge is 0.494 e. The fourth-order valence-corrected chi connectivity index (χ4v) is 1.41. The van der Waals surface area contributed by atoms with E-state index in [1.807, 2.05) is 0 Å². The maximum Gasteiger partial charge on any atom is 0.186 e. The predicted molar refractivity (Wildman–Crippen MR) is 57.5 cm³/mol. The third kappa shape index (κ3) is 4.42. The normalized spacial score (nSPS) is 12.4. The number of hydrogen-bond donors (Lipinski definition) is 1. The number of benzene rings is 1. The average Bonchev–Trinajstić information content (AvgIpc) is 2.25. The molecule has 1 N–H and O–H groups in total. The first-order valence-electron chi connectivity index (χ1n) is 4.56. The fourth-order valence-electron chi connectivity index (χ4n) is 1.05. The highest BCUT2D eigenvalue weighted by atomic mass is 32.2. The first-order valence-corrected chi connectivity index (χ1v) is 5.67. The van der Waals surface area contributed by atoms with Crippen molar-refractivity contribution >= 4 is 11.1 Å². The summed E-state index contributed by atoms with van der Waals surface area (Å²) in [7, 11) is 1.64. The van der Waals surface area contributed by atoms with Crippen molar-refractivity contribution in [2.45, 2.75) is 11.3 Å². The van der Waals surface area contributed by atoms with E-state index in [0.717, 1.165) is 6.42 Å². The van der Waals surface area contributed by atoms with E-state index in [9.17, 15) is 4.21 Å². The van der Waals surface area contributed by atoms with Gasteiger partial charge in [0.1, 0.15) is 5.75 Å². The Hall–Kier alpha value is -0.910. The standard InChI is InChI=1S/C10H14O4S/c1-13-7-2-8-14-9-3-5-10(6-4-9)15(11)12/h3-6H,2,7-8H2,1H3,(H,11,12). The van der Waals surface area contributed by atoms with Crippen LogP contribution in [0.4, 0.5) is 0 Å². The van der Waals surface area contributed by atoms with Crippen LogP contribution in [0.15, 0.2) is 29.2 Å². The highest BCUT2D eigenvalue weighted by Crippen LogP contribution is 2.14. The van der Waals surface area contributed by atoms with Crippen LogP contribution in [-0.2, 0) is 15.8 Å². The van der Waals surface area contributed by atoms with Gasteiger partial charge >= 0.3 is 0 Å². The van der Waals surface area contributed by atoms with E-state index in [1.54, 1.807) is 31.4 Å². The molecule has 1 aromatic carbocycles. The molecule has 0 saturated carbocycles. The minimum absolute atomic E-state index is 0.374. The van der Waals surface area contributed by atoms with E-state index >= 15 is 0 Å². The molecule has 0 aliphatic rings. The Balaban J connectivity index is 2.39. The molecule has 1 rings (SSSR count). The quantitative estimate of drug-likeness (QED) is 0.596. The van der Waals surface area contributed by atoms with Crippen molar-refractivity contribution in [1.29, 1.82) is 0 Å². The minimum Gasteiger partial charge on any atom is -0.494 e. The molecule has 0 bridgehead atoms. The molecule has 0 saturated heterocycles. The zero-order valence-corrected chi connectivity index (χ0v) is 9.33. The lowest BCUT2D eigenvalue weighted by Gasteiger charge is -2.05. The highest BCUT2D eigenvalue weighted by Gasteiger charge is 1.99. The molecular formula is C10H14O4S. The second-order valence-corrected chi connectivity index (χ2v) is 3.89. The van der Waals surface area contributed by atoms with Crippen LogP contribution in [-0.4, -0.2) is 29.1 Å². The van der Waals surface area contributed by atoms with Crippen molar-refractivity contribution in [2.24, 2.45) is 0 Å². The fraction of sp³-hybridized carbons (Fsp3) is 0.400. The second kappa shape index (κ2) is 6.55. The van der Waals surface area contributed by atoms with Crippen LogP contribution in [0.1, 0.15) is 6.42 Å². The lowest BCUT2D eigenvalue weighted by Crippen LogP contribution is -2.01. The maximum absolute atomic E-state index is 10.7. The van der Waals surface area contributed by atoms with Gasteiger partial charge in [-0.3, -0.25) is 0 Å². The Morgan fingerprint density at radius 2 is 1.93 bits per heavy atom. The lowest BCUT2D eigenvalue weighted by atomic mass is 10.3. The number of methoxy groups -OCH3 is 1. The molecule has 5 heteroatoms. The summed E-state index contributed by atoms with van der Waals surface area (Å²) in [5.74, 6) is 0.695. The molecule has 0 heterocycles. The van der Waals surface area contributed by atoms with Gasteiger partial charge in [0, 0.05) is 20.1 Å². The smallest absolute Gasteiger partial charge is 0.186 e. The molecule has 0 aliphatic carbocycles. The van der Waals surface area contributed by atoms with Crippen molar-refractivity contribution in [3.63, 3.8) is 0 Å². The van der Waals surface area contributed by atoms with Crippen LogP contribution < -0.4 is 4.74 Å². The first kappa shape index (κ1) is 12.2. The lowest BCUT2D eigenvalue weighted by molar-refractivity contribution is 0.172. The van der Waals surface area contributed by atoms with Crippen molar-refractivity contribution < 1.29 is 18.2 Å². The van der Waals surface area contributed by atoms with Gasteiger partial charge in [-0.15, -0.1) is 0 Å². The zero-order valence-electron chi connectivity index (χ0n) is 8.51. The molecule has 4 nitrogen and oxygen atoms in total. The van der Waals surface area contributed by atoms with Crippen LogP contribution in [0.5, 0.6) is 5.75 Å². The summed E-state index contributed by atoms with van der Waals surface area (Å²) in [5, 5.41) is 0. The second-order valence-electron chi connectivity index (χ2n) is 2.92. The SMILES string of the molecule is COCCCOc1ccc(S(=O)O)cc1. The van der Waals surface area contributed by atoms with Crippen molar-refractivity contribution in [3.8, 4) is 5.75 Å². The summed E-state index contributed by atoms with van der Waals surface area (Å²) in [6, 6.07) is 6.50. The van der Waals surface area contributed by atoms with Gasteiger partial charge in [0.25, 0.3) is 0 Å². The molecule has 0 amide bonds. The Morgan fingerprint density at radius 1 is 1.27 bits per heavy atom. The molecule has 0 radical (unpaired) electrons. The van der Waals surface area contributed by atoms with Crippen molar-refractivity contribution in [1.82, 2.24) is 0 Å². The zero-order chi connectivity index (χ0) is 11.1. The van der Waals surface area contributed by atoms with Gasteiger partial charge in [-0.25, -0.2) is 4.21 Å². The van der Waals surface area contributed by atoms with Gasteiger partial charge in [-0.1, -0.05) is 0 Å². The van der Waals surface area contributed by atoms with E-state index in [0.29, 0.717) is 23.9 Å². The van der Waals surface area contributed by atoms with E-state index in [4.69, 9.17) is 14.0 Å². The van der Waals surface area contributed by atoms with Crippen molar-refractivity contribution in [3.05, 3.63) is 24.3 Å². The summed E-state index contributed by atoms with van der Waals surface area (Å²) >= 11 is -1.92. The van der Waals surface area contributed by atoms with Gasteiger partial charge < -0.3 is 14.0 Å². The maximum atomic E-state index is 10.7. The Kier molecular flexibility index (Phi) is 5.31. The highest BCUT2D eigenvalue weighted by molar-refractivity contribution is 7.79. The van der Waals surface area contributed by atoms with Crippen LogP contribution >= 0.6 is 0 Å². The van der Waals surface area contributed by atoms with Gasteiger partial charge in [-0.05, 0) is 24.3 Å². The van der Waals surface area contributed by atoms with Crippen LogP contribution in [0.25, 0.3) is 0 Å². The molecule has 0 spiro atoms. The van der Waals surface area contributed by atoms with Crippen molar-refractivity contribution in [2.75, 3.05) is 20.3 Å². The molecule has 1 atom stereocenters. The van der Waals surface area contributed by atoms with Gasteiger partial charge in [-0.2, -0.15) is 0 Å². The predicted octanol–water partition coefficient (Wildman–Crippen LogP) is 1.68. The van der Waals surface area contributed by atoms with Crippen LogP contribution in [0.3, 0.4) is 0 Å². The van der Waals surface area contributed by atoms with Gasteiger partial charge in [0.15, 0.2) is 11.1 Å². The molecule has 15 heavy (non-hydrogen) atoms. The summed E-state index contributed by atoms with van der Waals surface area (Å²) in [6.07, 6.45) is 0.824.